The third-order valence-corrected chi connectivity index (χ3v) is 4.02. The van der Waals surface area contributed by atoms with Gasteiger partial charge in [-0.25, -0.2) is 0 Å². The third kappa shape index (κ3) is 0.773. The molecule has 2 aliphatic rings. The van der Waals surface area contributed by atoms with Crippen LogP contribution in [-0.4, -0.2) is 23.8 Å². The van der Waals surface area contributed by atoms with Crippen molar-refractivity contribution in [3.8, 4) is 0 Å². The molecular formula is C7H11BrO2. The lowest BCUT2D eigenvalue weighted by Crippen LogP contribution is -2.31. The van der Waals surface area contributed by atoms with Gasteiger partial charge in [-0.2, -0.15) is 0 Å². The van der Waals surface area contributed by atoms with E-state index in [1.165, 1.54) is 0 Å². The average molecular weight is 207 g/mol. The minimum atomic E-state index is 0.0162. The van der Waals surface area contributed by atoms with Crippen LogP contribution in [-0.2, 0) is 9.47 Å². The predicted molar refractivity (Wildman–Crippen MR) is 41.1 cm³/mol. The summed E-state index contributed by atoms with van der Waals surface area (Å²) in [6, 6.07) is 0. The van der Waals surface area contributed by atoms with Crippen LogP contribution >= 0.6 is 15.9 Å². The molecule has 0 aliphatic carbocycles. The zero-order valence-electron chi connectivity index (χ0n) is 5.97. The van der Waals surface area contributed by atoms with Gasteiger partial charge in [0.25, 0.3) is 0 Å². The smallest absolute Gasteiger partial charge is 0.173 e. The molecule has 0 bridgehead atoms. The lowest BCUT2D eigenvalue weighted by Gasteiger charge is -2.21. The summed E-state index contributed by atoms with van der Waals surface area (Å²) in [6.07, 6.45) is 1.10. The Hall–Kier alpha value is 0.400. The molecule has 2 rings (SSSR count). The lowest BCUT2D eigenvalue weighted by molar-refractivity contribution is -0.0855. The molecule has 2 fully saturated rings. The molecule has 2 heterocycles. The van der Waals surface area contributed by atoms with Crippen LogP contribution in [0.1, 0.15) is 13.3 Å². The molecule has 0 amide bonds. The van der Waals surface area contributed by atoms with E-state index in [9.17, 15) is 0 Å². The highest BCUT2D eigenvalue weighted by molar-refractivity contribution is 9.10. The first-order valence-electron chi connectivity index (χ1n) is 3.65. The Morgan fingerprint density at radius 1 is 1.50 bits per heavy atom. The highest BCUT2D eigenvalue weighted by Gasteiger charge is 2.51. The van der Waals surface area contributed by atoms with Gasteiger partial charge < -0.3 is 9.47 Å². The Kier molecular flexibility index (Phi) is 1.55. The fourth-order valence-electron chi connectivity index (χ4n) is 1.61. The van der Waals surface area contributed by atoms with Gasteiger partial charge in [0.15, 0.2) is 6.29 Å². The first-order valence-corrected chi connectivity index (χ1v) is 4.45. The average Bonchev–Trinajstić information content (AvgIpc) is 2.36. The van der Waals surface area contributed by atoms with Crippen molar-refractivity contribution in [2.75, 3.05) is 13.2 Å². The van der Waals surface area contributed by atoms with Crippen LogP contribution in [0.4, 0.5) is 0 Å². The van der Waals surface area contributed by atoms with E-state index in [2.05, 4.69) is 22.9 Å². The number of ether oxygens (including phenoxy) is 2. The van der Waals surface area contributed by atoms with Crippen LogP contribution in [0.15, 0.2) is 0 Å². The van der Waals surface area contributed by atoms with Gasteiger partial charge in [0, 0.05) is 0 Å². The van der Waals surface area contributed by atoms with Crippen molar-refractivity contribution in [1.82, 2.24) is 0 Å². The quantitative estimate of drug-likeness (QED) is 0.561. The fourth-order valence-corrected chi connectivity index (χ4v) is 2.17. The van der Waals surface area contributed by atoms with Crippen molar-refractivity contribution in [2.24, 2.45) is 5.92 Å². The normalized spacial score (nSPS) is 53.4. The van der Waals surface area contributed by atoms with Crippen LogP contribution in [0.25, 0.3) is 0 Å². The second-order valence-corrected chi connectivity index (χ2v) is 4.59. The maximum atomic E-state index is 5.42. The van der Waals surface area contributed by atoms with Gasteiger partial charge in [-0.05, 0) is 12.3 Å². The van der Waals surface area contributed by atoms with Gasteiger partial charge >= 0.3 is 0 Å². The summed E-state index contributed by atoms with van der Waals surface area (Å²) < 4.78 is 10.9. The summed E-state index contributed by atoms with van der Waals surface area (Å²) in [5.41, 5.74) is 0. The first kappa shape index (κ1) is 7.07. The summed E-state index contributed by atoms with van der Waals surface area (Å²) in [7, 11) is 0. The van der Waals surface area contributed by atoms with E-state index in [1.54, 1.807) is 0 Å². The van der Waals surface area contributed by atoms with Crippen LogP contribution in [0, 0.1) is 5.92 Å². The second-order valence-electron chi connectivity index (χ2n) is 3.11. The molecular weight excluding hydrogens is 196 g/mol. The molecule has 0 aromatic carbocycles. The van der Waals surface area contributed by atoms with E-state index in [0.717, 1.165) is 19.6 Å². The Balaban J connectivity index is 2.21. The van der Waals surface area contributed by atoms with Crippen molar-refractivity contribution in [3.63, 3.8) is 0 Å². The van der Waals surface area contributed by atoms with Crippen molar-refractivity contribution >= 4 is 15.9 Å². The third-order valence-electron chi connectivity index (χ3n) is 2.46. The number of alkyl halides is 1. The van der Waals surface area contributed by atoms with Crippen molar-refractivity contribution in [3.05, 3.63) is 0 Å². The summed E-state index contributed by atoms with van der Waals surface area (Å²) in [6.45, 7) is 3.86. The summed E-state index contributed by atoms with van der Waals surface area (Å²) in [5, 5.41) is 0. The van der Waals surface area contributed by atoms with Crippen LogP contribution in [0.2, 0.25) is 0 Å². The van der Waals surface area contributed by atoms with Crippen LogP contribution < -0.4 is 0 Å². The Labute approximate surface area is 69.0 Å². The highest BCUT2D eigenvalue weighted by atomic mass is 79.9. The summed E-state index contributed by atoms with van der Waals surface area (Å²) >= 11 is 3.69. The number of halogens is 1. The minimum absolute atomic E-state index is 0.0162. The molecule has 0 aromatic rings. The molecule has 58 valence electrons. The number of rotatable bonds is 0. The van der Waals surface area contributed by atoms with Crippen molar-refractivity contribution in [1.29, 1.82) is 0 Å². The standard InChI is InChI=1S/C7H11BrO2/c1-5-4-10-6-7(5,8)2-3-9-6/h5-6H,2-4H2,1H3/t5-,6+,7+/m0/s1. The van der Waals surface area contributed by atoms with Crippen LogP contribution in [0.3, 0.4) is 0 Å². The molecule has 0 N–H and O–H groups in total. The molecule has 0 aromatic heterocycles. The van der Waals surface area contributed by atoms with Gasteiger partial charge in [-0.1, -0.05) is 22.9 Å². The molecule has 0 saturated carbocycles. The zero-order valence-corrected chi connectivity index (χ0v) is 7.56. The van der Waals surface area contributed by atoms with E-state index >= 15 is 0 Å². The van der Waals surface area contributed by atoms with Crippen molar-refractivity contribution < 1.29 is 9.47 Å². The van der Waals surface area contributed by atoms with Gasteiger partial charge in [0.2, 0.25) is 0 Å². The Morgan fingerprint density at radius 3 is 3.00 bits per heavy atom. The van der Waals surface area contributed by atoms with Gasteiger partial charge in [-0.15, -0.1) is 0 Å². The minimum Gasteiger partial charge on any atom is -0.351 e. The number of fused-ring (bicyclic) bond motifs is 1. The lowest BCUT2D eigenvalue weighted by atomic mass is 9.95. The predicted octanol–water partition coefficient (Wildman–Crippen LogP) is 1.53. The van der Waals surface area contributed by atoms with Gasteiger partial charge in [-0.3, -0.25) is 0 Å². The molecule has 0 spiro atoms. The molecule has 2 saturated heterocycles. The van der Waals surface area contributed by atoms with Gasteiger partial charge in [0.05, 0.1) is 17.5 Å². The molecule has 10 heavy (non-hydrogen) atoms. The van der Waals surface area contributed by atoms with Crippen molar-refractivity contribution in [2.45, 2.75) is 24.0 Å². The fraction of sp³-hybridized carbons (Fsp3) is 1.00. The van der Waals surface area contributed by atoms with E-state index in [4.69, 9.17) is 9.47 Å². The molecule has 3 atom stereocenters. The van der Waals surface area contributed by atoms with E-state index < -0.39 is 0 Å². The van der Waals surface area contributed by atoms with E-state index in [0.29, 0.717) is 5.92 Å². The summed E-state index contributed by atoms with van der Waals surface area (Å²) in [5.74, 6) is 0.583. The monoisotopic (exact) mass is 206 g/mol. The zero-order chi connectivity index (χ0) is 7.19. The number of hydrogen-bond acceptors (Lipinski definition) is 2. The molecule has 3 heteroatoms. The van der Waals surface area contributed by atoms with Gasteiger partial charge in [0.1, 0.15) is 0 Å². The topological polar surface area (TPSA) is 18.5 Å². The van der Waals surface area contributed by atoms with E-state index in [-0.39, 0.29) is 10.6 Å². The SMILES string of the molecule is C[C@H]1CO[C@H]2OCC[C@]21Br. The highest BCUT2D eigenvalue weighted by Crippen LogP contribution is 2.46. The maximum Gasteiger partial charge on any atom is 0.173 e. The Bertz CT molecular complexity index is 151. The maximum absolute atomic E-state index is 5.42. The largest absolute Gasteiger partial charge is 0.351 e. The van der Waals surface area contributed by atoms with E-state index in [1.807, 2.05) is 0 Å². The molecule has 2 aliphatic heterocycles. The van der Waals surface area contributed by atoms with Crippen LogP contribution in [0.5, 0.6) is 0 Å². The molecule has 2 nitrogen and oxygen atoms in total. The molecule has 0 unspecified atom stereocenters. The summed E-state index contributed by atoms with van der Waals surface area (Å²) in [4.78, 5) is 0. The second kappa shape index (κ2) is 2.19. The molecule has 0 radical (unpaired) electrons. The number of hydrogen-bond donors (Lipinski definition) is 0. The first-order chi connectivity index (χ1) is 4.73. The Morgan fingerprint density at radius 2 is 2.30 bits per heavy atom.